The van der Waals surface area contributed by atoms with Gasteiger partial charge in [-0.15, -0.1) is 0 Å². The third-order valence-electron chi connectivity index (χ3n) is 7.84. The molecule has 0 atom stereocenters. The Kier molecular flexibility index (Phi) is 46.0. The minimum atomic E-state index is -1.85. The molecule has 350 valence electrons. The van der Waals surface area contributed by atoms with Crippen LogP contribution in [0.1, 0.15) is 52.4 Å². The van der Waals surface area contributed by atoms with Crippen molar-refractivity contribution in [3.05, 3.63) is 10.4 Å². The number of rotatable bonds is 44. The highest BCUT2D eigenvalue weighted by atomic mass is 28.4. The van der Waals surface area contributed by atoms with Gasteiger partial charge in [-0.05, 0) is 69.5 Å². The summed E-state index contributed by atoms with van der Waals surface area (Å²) in [5.41, 5.74) is 8.04. The van der Waals surface area contributed by atoms with Gasteiger partial charge in [0.2, 0.25) is 11.8 Å². The number of carbonyl (C=O) groups is 2. The first-order valence-electron chi connectivity index (χ1n) is 21.5. The molecule has 0 aromatic heterocycles. The lowest BCUT2D eigenvalue weighted by atomic mass is 10.3. The van der Waals surface area contributed by atoms with Gasteiger partial charge in [0, 0.05) is 51.1 Å². The van der Waals surface area contributed by atoms with E-state index in [9.17, 15) is 9.59 Å². The molecule has 0 radical (unpaired) electrons. The Bertz CT molecular complexity index is 988. The van der Waals surface area contributed by atoms with Gasteiger partial charge in [0.25, 0.3) is 0 Å². The van der Waals surface area contributed by atoms with E-state index in [-0.39, 0.29) is 11.8 Å². The van der Waals surface area contributed by atoms with E-state index >= 15 is 0 Å². The maximum absolute atomic E-state index is 12.1. The molecule has 0 aliphatic carbocycles. The van der Waals surface area contributed by atoms with Crippen molar-refractivity contribution in [2.24, 2.45) is 5.11 Å². The van der Waals surface area contributed by atoms with Crippen LogP contribution in [0.15, 0.2) is 5.11 Å². The van der Waals surface area contributed by atoms with E-state index in [0.29, 0.717) is 145 Å². The first kappa shape index (κ1) is 59.3. The number of nitrogens with one attached hydrogen (secondary N) is 2. The highest BCUT2D eigenvalue weighted by Gasteiger charge is 2.32. The molecule has 0 aromatic rings. The molecule has 2 amide bonds. The number of carbonyl (C=O) groups excluding carboxylic acids is 2. The van der Waals surface area contributed by atoms with Gasteiger partial charge in [-0.3, -0.25) is 9.59 Å². The van der Waals surface area contributed by atoms with Gasteiger partial charge in [-0.25, -0.2) is 0 Å². The fourth-order valence-corrected chi connectivity index (χ4v) is 13.9. The lowest BCUT2D eigenvalue weighted by Crippen LogP contribution is -2.44. The van der Waals surface area contributed by atoms with E-state index in [2.05, 4.69) is 60.7 Å². The topological polar surface area (TPSA) is 208 Å². The van der Waals surface area contributed by atoms with Gasteiger partial charge in [0.05, 0.1) is 119 Å². The zero-order valence-electron chi connectivity index (χ0n) is 37.9. The van der Waals surface area contributed by atoms with Crippen LogP contribution in [-0.4, -0.2) is 181 Å². The van der Waals surface area contributed by atoms with Crippen molar-refractivity contribution in [1.29, 1.82) is 0 Å². The van der Waals surface area contributed by atoms with Crippen LogP contribution < -0.4 is 10.6 Å². The van der Waals surface area contributed by atoms with Crippen molar-refractivity contribution in [2.45, 2.75) is 90.6 Å². The summed E-state index contributed by atoms with van der Waals surface area (Å²) < 4.78 is 60.1. The zero-order valence-corrected chi connectivity index (χ0v) is 39.9. The second-order valence-corrected chi connectivity index (χ2v) is 23.3. The molecule has 0 aromatic carbocycles. The summed E-state index contributed by atoms with van der Waals surface area (Å²) in [4.78, 5) is 26.2. The third-order valence-corrected chi connectivity index (χ3v) is 15.4. The van der Waals surface area contributed by atoms with Crippen LogP contribution in [0.4, 0.5) is 0 Å². The predicted molar refractivity (Wildman–Crippen MR) is 234 cm³/mol. The lowest BCUT2D eigenvalue weighted by molar-refractivity contribution is -0.121. The Morgan fingerprint density at radius 1 is 0.508 bits per heavy atom. The summed E-state index contributed by atoms with van der Waals surface area (Å²) in [6.07, 6.45) is 4.79. The molecule has 0 aliphatic heterocycles. The van der Waals surface area contributed by atoms with Gasteiger partial charge < -0.3 is 62.1 Å². The number of hydrogen-bond acceptors (Lipinski definition) is 14. The molecule has 2 N–H and O–H groups in total. The van der Waals surface area contributed by atoms with Gasteiger partial charge in [-0.2, -0.15) is 0 Å². The number of nitrogens with zero attached hydrogens (tertiary/aromatic N) is 3. The number of azide groups is 1. The number of amides is 2. The Balaban J connectivity index is 0. The fraction of sp³-hybridized carbons (Fsp3) is 0.949. The molecule has 0 aliphatic rings. The van der Waals surface area contributed by atoms with Crippen molar-refractivity contribution in [3.8, 4) is 0 Å². The highest BCUT2D eigenvalue weighted by molar-refractivity contribution is 6.84. The minimum absolute atomic E-state index is 0.0475. The Labute approximate surface area is 357 Å². The third kappa shape index (κ3) is 50.5. The van der Waals surface area contributed by atoms with Crippen molar-refractivity contribution < 1.29 is 61.1 Å². The highest BCUT2D eigenvalue weighted by Crippen LogP contribution is 2.24. The van der Waals surface area contributed by atoms with Crippen LogP contribution in [0.3, 0.4) is 0 Å². The molecule has 20 heteroatoms. The van der Waals surface area contributed by atoms with E-state index in [1.54, 1.807) is 7.05 Å². The maximum Gasteiger partial charge on any atom is 0.220 e. The average Bonchev–Trinajstić information content (AvgIpc) is 3.19. The van der Waals surface area contributed by atoms with E-state index in [1.165, 1.54) is 0 Å². The molecule has 0 bridgehead atoms. The second kappa shape index (κ2) is 45.8. The standard InChI is InChI=1S/C26H56N2O8Si2.C13H27N3O5/c1-7-13-31-15-17-33-19-21-35-22-20-34-18-16-32-14-12-28-26(30)11-9-24-38(5,6)36-37(3,4)23-8-10-25(29)27-2;1-2-4-17-6-8-19-10-12-21-13-11-20-9-7-18-5-3-15-16-14/h7-24H2,1-6H3,(H,27,29)(H,28,30);2-13H2,1H3. The van der Waals surface area contributed by atoms with E-state index in [4.69, 9.17) is 57.0 Å². The Hall–Kier alpha value is -1.76. The number of hydrogen-bond donors (Lipinski definition) is 2. The van der Waals surface area contributed by atoms with Gasteiger partial charge in [-0.1, -0.05) is 19.0 Å². The van der Waals surface area contributed by atoms with E-state index < -0.39 is 16.6 Å². The van der Waals surface area contributed by atoms with Gasteiger partial charge in [0.1, 0.15) is 0 Å². The monoisotopic (exact) mass is 886 g/mol. The molecule has 0 saturated carbocycles. The second-order valence-electron chi connectivity index (χ2n) is 14.4. The molecule has 0 fully saturated rings. The molecule has 0 rings (SSSR count). The molecule has 0 heterocycles. The summed E-state index contributed by atoms with van der Waals surface area (Å²) in [5.74, 6) is 0.130. The SMILES string of the molecule is CCCOCCOCCOCCOCCOCCN=[N+]=[N-].CCCOCCOCCOCCOCCOCCNC(=O)CCC[Si](C)(C)O[Si](C)(C)CCCC(=O)NC. The Morgan fingerprint density at radius 2 is 0.831 bits per heavy atom. The van der Waals surface area contributed by atoms with E-state index in [1.807, 2.05) is 0 Å². The maximum atomic E-state index is 12.1. The van der Waals surface area contributed by atoms with Crippen LogP contribution >= 0.6 is 0 Å². The first-order valence-corrected chi connectivity index (χ1v) is 27.7. The average molecular weight is 886 g/mol. The van der Waals surface area contributed by atoms with Crippen LogP contribution in [0.25, 0.3) is 10.4 Å². The lowest BCUT2D eigenvalue weighted by Gasteiger charge is -2.34. The summed E-state index contributed by atoms with van der Waals surface area (Å²) in [7, 11) is -1.99. The normalized spacial score (nSPS) is 11.5. The largest absolute Gasteiger partial charge is 0.455 e. The zero-order chi connectivity index (χ0) is 44.0. The van der Waals surface area contributed by atoms with Crippen LogP contribution in [0, 0.1) is 0 Å². The Morgan fingerprint density at radius 3 is 1.17 bits per heavy atom. The van der Waals surface area contributed by atoms with Crippen molar-refractivity contribution >= 4 is 28.4 Å². The summed E-state index contributed by atoms with van der Waals surface area (Å²) in [5, 5.41) is 8.93. The summed E-state index contributed by atoms with van der Waals surface area (Å²) >= 11 is 0. The fourth-order valence-electron chi connectivity index (χ4n) is 5.08. The van der Waals surface area contributed by atoms with Crippen molar-refractivity contribution in [2.75, 3.05) is 152 Å². The molecular weight excluding hydrogens is 803 g/mol. The molecular formula is C39H83N5O13Si2. The van der Waals surface area contributed by atoms with Crippen LogP contribution in [0.2, 0.25) is 38.3 Å². The van der Waals surface area contributed by atoms with Crippen molar-refractivity contribution in [1.82, 2.24) is 10.6 Å². The minimum Gasteiger partial charge on any atom is -0.455 e. The van der Waals surface area contributed by atoms with E-state index in [0.717, 1.165) is 51.0 Å². The molecule has 0 saturated heterocycles. The van der Waals surface area contributed by atoms with Crippen LogP contribution in [-0.2, 0) is 61.1 Å². The molecule has 0 spiro atoms. The van der Waals surface area contributed by atoms with Crippen LogP contribution in [0.5, 0.6) is 0 Å². The van der Waals surface area contributed by atoms with Crippen molar-refractivity contribution in [3.63, 3.8) is 0 Å². The molecule has 59 heavy (non-hydrogen) atoms. The first-order chi connectivity index (χ1) is 28.5. The molecule has 0 unspecified atom stereocenters. The summed E-state index contributed by atoms with van der Waals surface area (Å²) in [6.45, 7) is 25.1. The smallest absolute Gasteiger partial charge is 0.220 e. The number of ether oxygens (including phenoxy) is 10. The summed E-state index contributed by atoms with van der Waals surface area (Å²) in [6, 6.07) is 1.92. The molecule has 18 nitrogen and oxygen atoms in total. The van der Waals surface area contributed by atoms with Gasteiger partial charge >= 0.3 is 0 Å². The van der Waals surface area contributed by atoms with Gasteiger partial charge in [0.15, 0.2) is 16.6 Å². The quantitative estimate of drug-likeness (QED) is 0.0268. The predicted octanol–water partition coefficient (Wildman–Crippen LogP) is 5.12.